The maximum absolute atomic E-state index is 11.1. The molecule has 0 radical (unpaired) electrons. The summed E-state index contributed by atoms with van der Waals surface area (Å²) >= 11 is 0. The smallest absolute Gasteiger partial charge is 0.305 e. The second-order valence-electron chi connectivity index (χ2n) is 3.72. The summed E-state index contributed by atoms with van der Waals surface area (Å²) in [5.74, 6) is -0.728. The number of carbonyl (C=O) groups excluding carboxylic acids is 3. The van der Waals surface area contributed by atoms with E-state index in [2.05, 4.69) is 4.74 Å². The van der Waals surface area contributed by atoms with E-state index in [0.717, 1.165) is 0 Å². The Kier molecular flexibility index (Phi) is 9.62. The second-order valence-corrected chi connectivity index (χ2v) is 3.72. The Labute approximate surface area is 107 Å². The number of ether oxygens (including phenoxy) is 3. The molecule has 0 bridgehead atoms. The molecule has 0 aromatic carbocycles. The lowest BCUT2D eigenvalue weighted by molar-refractivity contribution is -0.159. The van der Waals surface area contributed by atoms with Crippen molar-refractivity contribution in [1.82, 2.24) is 0 Å². The van der Waals surface area contributed by atoms with Gasteiger partial charge in [-0.05, 0) is 12.8 Å². The van der Waals surface area contributed by atoms with Crippen molar-refractivity contribution in [1.29, 1.82) is 0 Å². The van der Waals surface area contributed by atoms with Crippen molar-refractivity contribution in [2.24, 2.45) is 0 Å². The van der Waals surface area contributed by atoms with Gasteiger partial charge in [-0.2, -0.15) is 0 Å². The molecule has 0 aliphatic heterocycles. The number of carbonyl (C=O) groups is 3. The van der Waals surface area contributed by atoms with Crippen molar-refractivity contribution in [2.75, 3.05) is 13.2 Å². The van der Waals surface area contributed by atoms with Gasteiger partial charge in [-0.1, -0.05) is 13.8 Å². The van der Waals surface area contributed by atoms with Gasteiger partial charge in [0, 0.05) is 12.8 Å². The van der Waals surface area contributed by atoms with Gasteiger partial charge in [0.15, 0.2) is 6.10 Å². The average Bonchev–Trinajstić information content (AvgIpc) is 2.33. The summed E-state index contributed by atoms with van der Waals surface area (Å²) in [6.45, 7) is 3.75. The molecule has 0 saturated heterocycles. The van der Waals surface area contributed by atoms with Crippen LogP contribution in [0.15, 0.2) is 0 Å². The summed E-state index contributed by atoms with van der Waals surface area (Å²) in [4.78, 5) is 32.5. The van der Waals surface area contributed by atoms with Gasteiger partial charge in [0.05, 0.1) is 0 Å². The quantitative estimate of drug-likeness (QED) is 0.334. The third-order valence-electron chi connectivity index (χ3n) is 2.02. The van der Waals surface area contributed by atoms with Crippen molar-refractivity contribution >= 4 is 18.4 Å². The molecule has 0 saturated carbocycles. The molecule has 104 valence electrons. The van der Waals surface area contributed by atoms with E-state index in [-0.39, 0.29) is 31.6 Å². The van der Waals surface area contributed by atoms with E-state index in [1.165, 1.54) is 0 Å². The number of esters is 2. The zero-order valence-corrected chi connectivity index (χ0v) is 10.8. The Bertz CT molecular complexity index is 241. The van der Waals surface area contributed by atoms with Crippen LogP contribution in [-0.2, 0) is 28.6 Å². The first-order valence-electron chi connectivity index (χ1n) is 6.04. The lowest BCUT2D eigenvalue weighted by Crippen LogP contribution is -2.28. The van der Waals surface area contributed by atoms with Gasteiger partial charge in [-0.3, -0.25) is 14.4 Å². The monoisotopic (exact) mass is 260 g/mol. The van der Waals surface area contributed by atoms with Crippen molar-refractivity contribution in [3.63, 3.8) is 0 Å². The summed E-state index contributed by atoms with van der Waals surface area (Å²) in [5, 5.41) is 0. The zero-order chi connectivity index (χ0) is 13.8. The topological polar surface area (TPSA) is 78.9 Å². The fourth-order valence-electron chi connectivity index (χ4n) is 1.13. The van der Waals surface area contributed by atoms with Crippen molar-refractivity contribution < 1.29 is 28.6 Å². The maximum atomic E-state index is 11.1. The molecule has 0 unspecified atom stereocenters. The molecule has 0 aromatic heterocycles. The standard InChI is InChI=1S/C12H20O6/c1-3-5-11(14)16-7-10(18-9-13)8-17-12(15)6-4-2/h9-10H,3-8H2,1-2H3. The molecule has 6 heteroatoms. The van der Waals surface area contributed by atoms with Crippen LogP contribution in [0.3, 0.4) is 0 Å². The van der Waals surface area contributed by atoms with Crippen molar-refractivity contribution in [2.45, 2.75) is 45.6 Å². The van der Waals surface area contributed by atoms with Crippen LogP contribution in [0, 0.1) is 0 Å². The van der Waals surface area contributed by atoms with Crippen molar-refractivity contribution in [3.05, 3.63) is 0 Å². The van der Waals surface area contributed by atoms with Gasteiger partial charge >= 0.3 is 11.9 Å². The second kappa shape index (κ2) is 10.6. The van der Waals surface area contributed by atoms with Crippen LogP contribution in [0.2, 0.25) is 0 Å². The van der Waals surface area contributed by atoms with Gasteiger partial charge in [0.2, 0.25) is 0 Å². The number of rotatable bonds is 10. The lowest BCUT2D eigenvalue weighted by atomic mass is 10.3. The minimum atomic E-state index is -0.746. The molecule has 18 heavy (non-hydrogen) atoms. The SMILES string of the molecule is CCCC(=O)OCC(COC(=O)CCC)OC=O. The Morgan fingerprint density at radius 2 is 1.44 bits per heavy atom. The summed E-state index contributed by atoms with van der Waals surface area (Å²) in [5.41, 5.74) is 0. The van der Waals surface area contributed by atoms with Crippen LogP contribution in [0.4, 0.5) is 0 Å². The Morgan fingerprint density at radius 1 is 1.00 bits per heavy atom. The van der Waals surface area contributed by atoms with Crippen LogP contribution in [0.25, 0.3) is 0 Å². The van der Waals surface area contributed by atoms with E-state index in [4.69, 9.17) is 9.47 Å². The molecule has 0 heterocycles. The molecule has 0 rings (SSSR count). The molecule has 0 fully saturated rings. The summed E-state index contributed by atoms with van der Waals surface area (Å²) in [7, 11) is 0. The van der Waals surface area contributed by atoms with E-state index in [9.17, 15) is 14.4 Å². The summed E-state index contributed by atoms with van der Waals surface area (Å²) < 4.78 is 14.4. The van der Waals surface area contributed by atoms with E-state index >= 15 is 0 Å². The normalized spacial score (nSPS) is 9.94. The predicted molar refractivity (Wildman–Crippen MR) is 62.7 cm³/mol. The fourth-order valence-corrected chi connectivity index (χ4v) is 1.13. The minimum absolute atomic E-state index is 0.100. The highest BCUT2D eigenvalue weighted by Gasteiger charge is 2.15. The molecule has 0 aliphatic carbocycles. The average molecular weight is 260 g/mol. The molecule has 6 nitrogen and oxygen atoms in total. The van der Waals surface area contributed by atoms with Gasteiger partial charge in [0.1, 0.15) is 13.2 Å². The van der Waals surface area contributed by atoms with Gasteiger partial charge in [-0.25, -0.2) is 0 Å². The molecule has 0 aromatic rings. The first kappa shape index (κ1) is 16.4. The van der Waals surface area contributed by atoms with Crippen LogP contribution in [0.1, 0.15) is 39.5 Å². The minimum Gasteiger partial charge on any atom is -0.462 e. The third-order valence-corrected chi connectivity index (χ3v) is 2.02. The Hall–Kier alpha value is -1.59. The van der Waals surface area contributed by atoms with E-state index in [1.807, 2.05) is 13.8 Å². The predicted octanol–water partition coefficient (Wildman–Crippen LogP) is 1.21. The zero-order valence-electron chi connectivity index (χ0n) is 10.8. The van der Waals surface area contributed by atoms with Crippen LogP contribution in [0.5, 0.6) is 0 Å². The van der Waals surface area contributed by atoms with Crippen LogP contribution < -0.4 is 0 Å². The molecular formula is C12H20O6. The molecule has 0 aliphatic rings. The highest BCUT2D eigenvalue weighted by Crippen LogP contribution is 1.99. The van der Waals surface area contributed by atoms with E-state index < -0.39 is 6.10 Å². The largest absolute Gasteiger partial charge is 0.462 e. The molecule has 0 spiro atoms. The lowest BCUT2D eigenvalue weighted by Gasteiger charge is -2.15. The molecule has 0 N–H and O–H groups in total. The van der Waals surface area contributed by atoms with Gasteiger partial charge < -0.3 is 14.2 Å². The Morgan fingerprint density at radius 3 is 1.78 bits per heavy atom. The molecule has 0 amide bonds. The fraction of sp³-hybridized carbons (Fsp3) is 0.750. The van der Waals surface area contributed by atoms with Crippen molar-refractivity contribution in [3.8, 4) is 0 Å². The molecule has 0 atom stereocenters. The van der Waals surface area contributed by atoms with Crippen LogP contribution >= 0.6 is 0 Å². The van der Waals surface area contributed by atoms with Crippen LogP contribution in [-0.4, -0.2) is 37.7 Å². The first-order chi connectivity index (χ1) is 8.63. The first-order valence-corrected chi connectivity index (χ1v) is 6.04. The van der Waals surface area contributed by atoms with Gasteiger partial charge in [0.25, 0.3) is 6.47 Å². The molecular weight excluding hydrogens is 240 g/mol. The highest BCUT2D eigenvalue weighted by atomic mass is 16.6. The summed E-state index contributed by atoms with van der Waals surface area (Å²) in [6.07, 6.45) is 1.24. The Balaban J connectivity index is 3.94. The number of hydrogen-bond donors (Lipinski definition) is 0. The van der Waals surface area contributed by atoms with E-state index in [1.54, 1.807) is 0 Å². The third kappa shape index (κ3) is 8.55. The maximum Gasteiger partial charge on any atom is 0.305 e. The van der Waals surface area contributed by atoms with Gasteiger partial charge in [-0.15, -0.1) is 0 Å². The number of hydrogen-bond acceptors (Lipinski definition) is 6. The van der Waals surface area contributed by atoms with E-state index in [0.29, 0.717) is 25.7 Å². The highest BCUT2D eigenvalue weighted by molar-refractivity contribution is 5.69. The summed E-state index contributed by atoms with van der Waals surface area (Å²) in [6, 6.07) is 0.